The van der Waals surface area contributed by atoms with Crippen LogP contribution in [-0.2, 0) is 23.1 Å². The summed E-state index contributed by atoms with van der Waals surface area (Å²) in [5, 5.41) is 7.78. The highest BCUT2D eigenvalue weighted by Crippen LogP contribution is 2.27. The molecule has 0 bridgehead atoms. The summed E-state index contributed by atoms with van der Waals surface area (Å²) in [4.78, 5) is -0.191. The van der Waals surface area contributed by atoms with Crippen molar-refractivity contribution in [3.05, 3.63) is 27.8 Å². The number of hydrogen-bond acceptors (Lipinski definition) is 4. The van der Waals surface area contributed by atoms with E-state index < -0.39 is 16.6 Å². The van der Waals surface area contributed by atoms with Crippen molar-refractivity contribution in [2.75, 3.05) is 7.05 Å². The van der Waals surface area contributed by atoms with Gasteiger partial charge in [-0.1, -0.05) is 0 Å². The molecule has 2 aromatic heterocycles. The van der Waals surface area contributed by atoms with Gasteiger partial charge in [0.2, 0.25) is 10.0 Å². The molecular weight excluding hydrogens is 408 g/mol. The molecule has 0 N–H and O–H groups in total. The van der Waals surface area contributed by atoms with E-state index in [1.54, 1.807) is 10.9 Å². The van der Waals surface area contributed by atoms with Gasteiger partial charge in [-0.05, 0) is 36.7 Å². The smallest absolute Gasteiger partial charge is 0.267 e. The number of aromatic nitrogens is 4. The lowest BCUT2D eigenvalue weighted by Gasteiger charge is -2.18. The Morgan fingerprint density at radius 3 is 2.50 bits per heavy atom. The van der Waals surface area contributed by atoms with E-state index in [4.69, 9.17) is 0 Å². The molecule has 11 heteroatoms. The van der Waals surface area contributed by atoms with Crippen molar-refractivity contribution < 1.29 is 17.2 Å². The molecule has 24 heavy (non-hydrogen) atoms. The Kier molecular flexibility index (Phi) is 5.45. The number of halogens is 3. The number of sulfonamides is 1. The number of rotatable bonds is 6. The van der Waals surface area contributed by atoms with Crippen LogP contribution < -0.4 is 0 Å². The molecule has 0 fully saturated rings. The molecule has 0 amide bonds. The molecule has 0 radical (unpaired) electrons. The highest BCUT2D eigenvalue weighted by Gasteiger charge is 2.31. The summed E-state index contributed by atoms with van der Waals surface area (Å²) in [6, 6.07) is 0. The van der Waals surface area contributed by atoms with E-state index in [1.807, 2.05) is 6.92 Å². The van der Waals surface area contributed by atoms with Gasteiger partial charge < -0.3 is 0 Å². The van der Waals surface area contributed by atoms with E-state index in [9.17, 15) is 17.2 Å². The van der Waals surface area contributed by atoms with Crippen LogP contribution in [-0.4, -0.2) is 39.3 Å². The molecule has 0 aliphatic carbocycles. The summed E-state index contributed by atoms with van der Waals surface area (Å²) < 4.78 is 55.4. The summed E-state index contributed by atoms with van der Waals surface area (Å²) in [6.07, 6.45) is 1.59. The minimum Gasteiger partial charge on any atom is -0.267 e. The maximum atomic E-state index is 12.9. The molecular formula is C13H18BrF2N5O2S. The second-order valence-electron chi connectivity index (χ2n) is 5.24. The quantitative estimate of drug-likeness (QED) is 0.712. The highest BCUT2D eigenvalue weighted by molar-refractivity contribution is 9.10. The summed E-state index contributed by atoms with van der Waals surface area (Å²) >= 11 is 3.34. The van der Waals surface area contributed by atoms with Gasteiger partial charge in [-0.25, -0.2) is 13.1 Å². The molecule has 0 aliphatic rings. The van der Waals surface area contributed by atoms with Crippen molar-refractivity contribution in [2.45, 2.75) is 45.3 Å². The van der Waals surface area contributed by atoms with Crippen LogP contribution in [0.4, 0.5) is 8.78 Å². The Hall–Kier alpha value is -1.33. The second kappa shape index (κ2) is 6.89. The number of alkyl halides is 2. The Morgan fingerprint density at radius 1 is 1.38 bits per heavy atom. The molecule has 2 rings (SSSR count). The fourth-order valence-corrected chi connectivity index (χ4v) is 4.39. The van der Waals surface area contributed by atoms with Gasteiger partial charge in [0, 0.05) is 13.6 Å². The highest BCUT2D eigenvalue weighted by atomic mass is 79.9. The van der Waals surface area contributed by atoms with Crippen molar-refractivity contribution >= 4 is 26.0 Å². The van der Waals surface area contributed by atoms with Gasteiger partial charge in [0.15, 0.2) is 0 Å². The van der Waals surface area contributed by atoms with E-state index in [0.717, 1.165) is 4.31 Å². The first kappa shape index (κ1) is 19.0. The lowest BCUT2D eigenvalue weighted by molar-refractivity contribution is 0.0538. The van der Waals surface area contributed by atoms with Crippen molar-refractivity contribution in [3.63, 3.8) is 0 Å². The predicted molar refractivity (Wildman–Crippen MR) is 87.2 cm³/mol. The van der Waals surface area contributed by atoms with Crippen LogP contribution in [0.5, 0.6) is 0 Å². The van der Waals surface area contributed by atoms with Crippen molar-refractivity contribution in [1.82, 2.24) is 23.9 Å². The molecule has 0 unspecified atom stereocenters. The Labute approximate surface area is 147 Å². The normalized spacial score (nSPS) is 12.5. The maximum absolute atomic E-state index is 12.9. The van der Waals surface area contributed by atoms with Gasteiger partial charge in [0.25, 0.3) is 0 Å². The van der Waals surface area contributed by atoms with Gasteiger partial charge in [-0.15, -0.1) is 0 Å². The van der Waals surface area contributed by atoms with Crippen LogP contribution in [0.25, 0.3) is 0 Å². The van der Waals surface area contributed by atoms with Crippen LogP contribution in [0.1, 0.15) is 30.6 Å². The largest absolute Gasteiger partial charge is 0.333 e. The van der Waals surface area contributed by atoms with E-state index >= 15 is 0 Å². The standard InChI is InChI=1S/C13H18BrF2N5O2S/c1-5-20-11(10(14)6-17-20)7-19(4)24(22,23)12-8(2)18-21(9(12)3)13(15)16/h6,13H,5,7H2,1-4H3. The zero-order valence-corrected chi connectivity index (χ0v) is 16.1. The third kappa shape index (κ3) is 3.24. The van der Waals surface area contributed by atoms with Crippen LogP contribution >= 0.6 is 15.9 Å². The third-order valence-electron chi connectivity index (χ3n) is 3.68. The molecule has 0 atom stereocenters. The van der Waals surface area contributed by atoms with Crippen molar-refractivity contribution in [1.29, 1.82) is 0 Å². The van der Waals surface area contributed by atoms with E-state index in [1.165, 1.54) is 20.9 Å². The second-order valence-corrected chi connectivity index (χ2v) is 8.07. The monoisotopic (exact) mass is 425 g/mol. The van der Waals surface area contributed by atoms with Gasteiger partial charge in [-0.2, -0.15) is 23.3 Å². The van der Waals surface area contributed by atoms with E-state index in [2.05, 4.69) is 26.1 Å². The zero-order valence-electron chi connectivity index (χ0n) is 13.7. The van der Waals surface area contributed by atoms with Crippen molar-refractivity contribution in [3.8, 4) is 0 Å². The molecule has 134 valence electrons. The van der Waals surface area contributed by atoms with Crippen LogP contribution in [0.2, 0.25) is 0 Å². The molecule has 0 aromatic carbocycles. The molecule has 0 spiro atoms. The zero-order chi connectivity index (χ0) is 18.2. The SMILES string of the molecule is CCn1ncc(Br)c1CN(C)S(=O)(=O)c1c(C)nn(C(F)F)c1C. The molecule has 0 aliphatic heterocycles. The Bertz CT molecular complexity index is 847. The lowest BCUT2D eigenvalue weighted by atomic mass is 10.4. The van der Waals surface area contributed by atoms with Gasteiger partial charge >= 0.3 is 6.55 Å². The number of aryl methyl sites for hydroxylation is 2. The first-order chi connectivity index (χ1) is 11.1. The van der Waals surface area contributed by atoms with Crippen LogP contribution in [0, 0.1) is 13.8 Å². The summed E-state index contributed by atoms with van der Waals surface area (Å²) in [5.41, 5.74) is 0.639. The van der Waals surface area contributed by atoms with Gasteiger partial charge in [0.1, 0.15) is 4.90 Å². The van der Waals surface area contributed by atoms with E-state index in [0.29, 0.717) is 21.4 Å². The minimum atomic E-state index is -3.98. The predicted octanol–water partition coefficient (Wildman–Crippen LogP) is 2.69. The number of hydrogen-bond donors (Lipinski definition) is 0. The Balaban J connectivity index is 2.42. The minimum absolute atomic E-state index is 0.0442. The molecule has 0 saturated carbocycles. The summed E-state index contributed by atoms with van der Waals surface area (Å²) in [7, 11) is -2.58. The molecule has 7 nitrogen and oxygen atoms in total. The average molecular weight is 426 g/mol. The van der Waals surface area contributed by atoms with Crippen LogP contribution in [0.15, 0.2) is 15.6 Å². The maximum Gasteiger partial charge on any atom is 0.333 e. The van der Waals surface area contributed by atoms with Gasteiger partial charge in [-0.3, -0.25) is 4.68 Å². The molecule has 0 saturated heterocycles. The molecule has 2 heterocycles. The summed E-state index contributed by atoms with van der Waals surface area (Å²) in [6.45, 7) is 2.34. The Morgan fingerprint density at radius 2 is 2.00 bits per heavy atom. The first-order valence-corrected chi connectivity index (χ1v) is 9.34. The average Bonchev–Trinajstić information content (AvgIpc) is 2.99. The van der Waals surface area contributed by atoms with Crippen molar-refractivity contribution in [2.24, 2.45) is 0 Å². The topological polar surface area (TPSA) is 73.0 Å². The first-order valence-electron chi connectivity index (χ1n) is 7.11. The summed E-state index contributed by atoms with van der Waals surface area (Å²) in [5.74, 6) is 0. The fourth-order valence-electron chi connectivity index (χ4n) is 2.48. The molecule has 2 aromatic rings. The lowest BCUT2D eigenvalue weighted by Crippen LogP contribution is -2.28. The van der Waals surface area contributed by atoms with Crippen LogP contribution in [0.3, 0.4) is 0 Å². The fraction of sp³-hybridized carbons (Fsp3) is 0.538. The van der Waals surface area contributed by atoms with Gasteiger partial charge in [0.05, 0.1) is 34.3 Å². The number of nitrogens with zero attached hydrogens (tertiary/aromatic N) is 5. The third-order valence-corrected chi connectivity index (χ3v) is 6.40. The van der Waals surface area contributed by atoms with E-state index in [-0.39, 0.29) is 22.8 Å².